The average molecular weight is 359 g/mol. The minimum Gasteiger partial charge on any atom is -0.347 e. The lowest BCUT2D eigenvalue weighted by molar-refractivity contribution is 0.0774. The molecule has 0 aliphatic carbocycles. The van der Waals surface area contributed by atoms with Gasteiger partial charge in [-0.3, -0.25) is 19.7 Å². The van der Waals surface area contributed by atoms with Crippen LogP contribution in [0, 0.1) is 11.7 Å². The molecule has 1 saturated heterocycles. The maximum atomic E-state index is 13.7. The van der Waals surface area contributed by atoms with Crippen LogP contribution in [0.25, 0.3) is 0 Å². The van der Waals surface area contributed by atoms with E-state index in [4.69, 9.17) is 0 Å². The number of nitrogens with one attached hydrogen (secondary N) is 2. The fourth-order valence-corrected chi connectivity index (χ4v) is 3.19. The van der Waals surface area contributed by atoms with Crippen LogP contribution in [0.4, 0.5) is 4.39 Å². The third kappa shape index (κ3) is 3.44. The summed E-state index contributed by atoms with van der Waals surface area (Å²) in [6, 6.07) is 1.09. The Kier molecular flexibility index (Phi) is 5.01. The molecule has 2 N–H and O–H groups in total. The number of hydrogen-bond donors (Lipinski definition) is 2. The number of likely N-dealkylation sites (tertiary alicyclic amines) is 1. The zero-order valence-corrected chi connectivity index (χ0v) is 15.0. The third-order valence-electron chi connectivity index (χ3n) is 4.74. The van der Waals surface area contributed by atoms with Crippen LogP contribution < -0.4 is 5.32 Å². The first-order valence-electron chi connectivity index (χ1n) is 8.61. The predicted molar refractivity (Wildman–Crippen MR) is 93.2 cm³/mol. The molecule has 2 atom stereocenters. The summed E-state index contributed by atoms with van der Waals surface area (Å²) in [7, 11) is 0. The van der Waals surface area contributed by atoms with E-state index in [9.17, 15) is 14.0 Å². The Balaban J connectivity index is 1.70. The molecule has 26 heavy (non-hydrogen) atoms. The van der Waals surface area contributed by atoms with Gasteiger partial charge in [-0.05, 0) is 17.9 Å². The molecule has 8 heteroatoms. The number of pyridine rings is 1. The molecule has 2 aromatic rings. The highest BCUT2D eigenvalue weighted by Crippen LogP contribution is 2.23. The number of aromatic amines is 1. The van der Waals surface area contributed by atoms with Crippen LogP contribution in [-0.2, 0) is 0 Å². The Morgan fingerprint density at radius 1 is 1.35 bits per heavy atom. The Labute approximate surface area is 151 Å². The van der Waals surface area contributed by atoms with Crippen LogP contribution in [0.1, 0.15) is 53.1 Å². The SMILES string of the molecule is CC(C)c1cn[nH]c1C(=O)N1CC(C)C(NC(=O)c2ccncc2F)C1. The van der Waals surface area contributed by atoms with Gasteiger partial charge in [0.1, 0.15) is 5.69 Å². The summed E-state index contributed by atoms with van der Waals surface area (Å²) in [6.45, 7) is 6.84. The number of hydrogen-bond acceptors (Lipinski definition) is 4. The van der Waals surface area contributed by atoms with Crippen molar-refractivity contribution in [3.05, 3.63) is 47.3 Å². The van der Waals surface area contributed by atoms with Gasteiger partial charge in [0.2, 0.25) is 0 Å². The molecular weight excluding hydrogens is 337 g/mol. The molecule has 1 aliphatic rings. The lowest BCUT2D eigenvalue weighted by atomic mass is 10.0. The third-order valence-corrected chi connectivity index (χ3v) is 4.74. The highest BCUT2D eigenvalue weighted by molar-refractivity contribution is 5.95. The molecule has 0 saturated carbocycles. The van der Waals surface area contributed by atoms with Gasteiger partial charge in [-0.1, -0.05) is 20.8 Å². The molecule has 3 rings (SSSR count). The highest BCUT2D eigenvalue weighted by atomic mass is 19.1. The van der Waals surface area contributed by atoms with Crippen LogP contribution in [0.15, 0.2) is 24.7 Å². The van der Waals surface area contributed by atoms with Crippen molar-refractivity contribution in [3.63, 3.8) is 0 Å². The van der Waals surface area contributed by atoms with Crippen LogP contribution in [0.2, 0.25) is 0 Å². The van der Waals surface area contributed by atoms with Crippen molar-refractivity contribution in [1.82, 2.24) is 25.4 Å². The molecule has 7 nitrogen and oxygen atoms in total. The van der Waals surface area contributed by atoms with E-state index in [1.54, 1.807) is 11.1 Å². The number of carbonyl (C=O) groups is 2. The molecule has 0 radical (unpaired) electrons. The normalized spacial score (nSPS) is 19.8. The van der Waals surface area contributed by atoms with Crippen LogP contribution >= 0.6 is 0 Å². The number of halogens is 1. The Bertz CT molecular complexity index is 819. The molecule has 2 amide bonds. The monoisotopic (exact) mass is 359 g/mol. The van der Waals surface area contributed by atoms with Gasteiger partial charge in [-0.25, -0.2) is 4.39 Å². The molecule has 2 unspecified atom stereocenters. The van der Waals surface area contributed by atoms with E-state index < -0.39 is 11.7 Å². The number of carbonyl (C=O) groups excluding carboxylic acids is 2. The van der Waals surface area contributed by atoms with E-state index in [1.807, 2.05) is 20.8 Å². The van der Waals surface area contributed by atoms with E-state index in [0.717, 1.165) is 11.8 Å². The maximum Gasteiger partial charge on any atom is 0.272 e. The number of H-pyrrole nitrogens is 1. The van der Waals surface area contributed by atoms with Gasteiger partial charge in [0.05, 0.1) is 24.0 Å². The largest absolute Gasteiger partial charge is 0.347 e. The van der Waals surface area contributed by atoms with E-state index in [2.05, 4.69) is 20.5 Å². The Hall–Kier alpha value is -2.77. The molecular formula is C18H22FN5O2. The van der Waals surface area contributed by atoms with Crippen molar-refractivity contribution in [2.24, 2.45) is 5.92 Å². The topological polar surface area (TPSA) is 91.0 Å². The molecule has 0 spiro atoms. The van der Waals surface area contributed by atoms with Crippen LogP contribution in [-0.4, -0.2) is 51.0 Å². The van der Waals surface area contributed by atoms with Crippen molar-refractivity contribution in [3.8, 4) is 0 Å². The fourth-order valence-electron chi connectivity index (χ4n) is 3.19. The number of nitrogens with zero attached hydrogens (tertiary/aromatic N) is 3. The molecule has 1 aliphatic heterocycles. The van der Waals surface area contributed by atoms with Gasteiger partial charge in [0.15, 0.2) is 5.82 Å². The van der Waals surface area contributed by atoms with Gasteiger partial charge in [-0.15, -0.1) is 0 Å². The number of aromatic nitrogens is 3. The second-order valence-electron chi connectivity index (χ2n) is 6.98. The molecule has 2 aromatic heterocycles. The van der Waals surface area contributed by atoms with Crippen molar-refractivity contribution >= 4 is 11.8 Å². The predicted octanol–water partition coefficient (Wildman–Crippen LogP) is 1.96. The summed E-state index contributed by atoms with van der Waals surface area (Å²) in [5.41, 5.74) is 1.31. The summed E-state index contributed by atoms with van der Waals surface area (Å²) < 4.78 is 13.7. The Morgan fingerprint density at radius 2 is 2.12 bits per heavy atom. The highest BCUT2D eigenvalue weighted by Gasteiger charge is 2.35. The van der Waals surface area contributed by atoms with Crippen LogP contribution in [0.3, 0.4) is 0 Å². The second kappa shape index (κ2) is 7.23. The first-order chi connectivity index (χ1) is 12.4. The molecule has 138 valence electrons. The Morgan fingerprint density at radius 3 is 2.81 bits per heavy atom. The first kappa shape index (κ1) is 18.0. The average Bonchev–Trinajstić information content (AvgIpc) is 3.22. The van der Waals surface area contributed by atoms with E-state index in [-0.39, 0.29) is 29.3 Å². The van der Waals surface area contributed by atoms with E-state index in [1.165, 1.54) is 12.3 Å². The molecule has 0 aromatic carbocycles. The molecule has 1 fully saturated rings. The summed E-state index contributed by atoms with van der Waals surface area (Å²) in [5, 5.41) is 9.59. The van der Waals surface area contributed by atoms with Gasteiger partial charge in [-0.2, -0.15) is 5.10 Å². The summed E-state index contributed by atoms with van der Waals surface area (Å²) in [4.78, 5) is 30.5. The van der Waals surface area contributed by atoms with Crippen molar-refractivity contribution < 1.29 is 14.0 Å². The smallest absolute Gasteiger partial charge is 0.272 e. The summed E-state index contributed by atoms with van der Waals surface area (Å²) >= 11 is 0. The zero-order chi connectivity index (χ0) is 18.8. The van der Waals surface area contributed by atoms with Gasteiger partial charge in [0.25, 0.3) is 11.8 Å². The van der Waals surface area contributed by atoms with Crippen molar-refractivity contribution in [1.29, 1.82) is 0 Å². The maximum absolute atomic E-state index is 13.7. The quantitative estimate of drug-likeness (QED) is 0.873. The minimum atomic E-state index is -0.664. The van der Waals surface area contributed by atoms with Crippen molar-refractivity contribution in [2.75, 3.05) is 13.1 Å². The van der Waals surface area contributed by atoms with Gasteiger partial charge >= 0.3 is 0 Å². The lowest BCUT2D eigenvalue weighted by Gasteiger charge is -2.18. The second-order valence-corrected chi connectivity index (χ2v) is 6.98. The fraction of sp³-hybridized carbons (Fsp3) is 0.444. The molecule has 0 bridgehead atoms. The van der Waals surface area contributed by atoms with Crippen molar-refractivity contribution in [2.45, 2.75) is 32.7 Å². The van der Waals surface area contributed by atoms with Crippen LogP contribution in [0.5, 0.6) is 0 Å². The first-order valence-corrected chi connectivity index (χ1v) is 8.61. The minimum absolute atomic E-state index is 0.0485. The van der Waals surface area contributed by atoms with Gasteiger partial charge < -0.3 is 10.2 Å². The standard InChI is InChI=1S/C18H22FN5O2/c1-10(2)13-6-21-23-16(13)18(26)24-8-11(3)15(9-24)22-17(25)12-4-5-20-7-14(12)19/h4-7,10-11,15H,8-9H2,1-3H3,(H,21,23)(H,22,25). The summed E-state index contributed by atoms with van der Waals surface area (Å²) in [6.07, 6.45) is 4.05. The van der Waals surface area contributed by atoms with E-state index >= 15 is 0 Å². The molecule has 3 heterocycles. The van der Waals surface area contributed by atoms with Gasteiger partial charge in [0, 0.05) is 24.8 Å². The number of amides is 2. The number of rotatable bonds is 4. The summed E-state index contributed by atoms with van der Waals surface area (Å²) in [5.74, 6) is -1.07. The lowest BCUT2D eigenvalue weighted by Crippen LogP contribution is -2.41. The zero-order valence-electron chi connectivity index (χ0n) is 15.0. The van der Waals surface area contributed by atoms with E-state index in [0.29, 0.717) is 18.8 Å².